The fourth-order valence-corrected chi connectivity index (χ4v) is 12.8. The molecule has 1 amide bonds. The minimum absolute atomic E-state index is 0.0298. The number of hydrogen-bond acceptors (Lipinski definition) is 5. The summed E-state index contributed by atoms with van der Waals surface area (Å²) in [6.07, 6.45) is 13.3. The Kier molecular flexibility index (Phi) is 10.1. The first kappa shape index (κ1) is 36.6. The molecule has 4 N–H and O–H groups in total. The quantitative estimate of drug-likeness (QED) is 0.180. The predicted molar refractivity (Wildman–Crippen MR) is 191 cm³/mol. The summed E-state index contributed by atoms with van der Waals surface area (Å²) in [7, 11) is 0. The number of carbonyl (C=O) groups is 4. The standard InChI is InChI=1S/C41H58N2O7/c1-38(2)29(26-7-9-27(10-8-26)36(48)49)13-19-40(4)32(38)15-20-39(3)30-14-21-41(18-5-6-31(41)28(30)11-12-33(39)40)37(50)42-22-25-43(23-16-34(44)45)24-17-35(46)47/h7-10,13,28,30-33H,5-6,11-12,14-25H2,1-4H3,(H,42,50)(H,44,45)(H,46,47)(H,48,49)/t28-,30?,31?,32?,33?,39-,40-,41-/m0/s1. The molecule has 4 saturated carbocycles. The van der Waals surface area contributed by atoms with E-state index < -0.39 is 17.9 Å². The van der Waals surface area contributed by atoms with Gasteiger partial charge in [0.05, 0.1) is 23.8 Å². The third-order valence-corrected chi connectivity index (χ3v) is 15.0. The van der Waals surface area contributed by atoms with Crippen molar-refractivity contribution in [1.82, 2.24) is 10.2 Å². The molecule has 9 nitrogen and oxygen atoms in total. The Hall–Kier alpha value is -3.20. The highest BCUT2D eigenvalue weighted by Crippen LogP contribution is 2.73. The second-order valence-electron chi connectivity index (χ2n) is 17.5. The van der Waals surface area contributed by atoms with Gasteiger partial charge in [0.2, 0.25) is 5.91 Å². The molecule has 1 aromatic rings. The molecule has 1 aromatic carbocycles. The van der Waals surface area contributed by atoms with Crippen LogP contribution in [0.5, 0.6) is 0 Å². The molecule has 4 unspecified atom stereocenters. The molecule has 0 heterocycles. The van der Waals surface area contributed by atoms with Crippen LogP contribution in [0.15, 0.2) is 30.3 Å². The lowest BCUT2D eigenvalue weighted by atomic mass is 9.36. The van der Waals surface area contributed by atoms with Gasteiger partial charge in [0.15, 0.2) is 0 Å². The Bertz CT molecular complexity index is 1500. The molecule has 0 bridgehead atoms. The van der Waals surface area contributed by atoms with E-state index in [0.29, 0.717) is 48.2 Å². The number of fused-ring (bicyclic) bond motifs is 7. The third kappa shape index (κ3) is 6.30. The molecule has 0 spiro atoms. The van der Waals surface area contributed by atoms with Crippen LogP contribution < -0.4 is 5.32 Å². The van der Waals surface area contributed by atoms with E-state index >= 15 is 0 Å². The topological polar surface area (TPSA) is 144 Å². The fraction of sp³-hybridized carbons (Fsp3) is 0.707. The summed E-state index contributed by atoms with van der Waals surface area (Å²) < 4.78 is 0. The van der Waals surface area contributed by atoms with E-state index in [1.54, 1.807) is 12.1 Å². The van der Waals surface area contributed by atoms with E-state index in [2.05, 4.69) is 39.1 Å². The molecular formula is C41H58N2O7. The second kappa shape index (κ2) is 13.7. The number of carboxylic acid groups (broad SMARTS) is 3. The lowest BCUT2D eigenvalue weighted by Gasteiger charge is -2.68. The lowest BCUT2D eigenvalue weighted by Crippen LogP contribution is -2.62. The number of nitrogens with one attached hydrogen (secondary N) is 1. The van der Waals surface area contributed by atoms with Crippen molar-refractivity contribution in [3.63, 3.8) is 0 Å². The molecule has 50 heavy (non-hydrogen) atoms. The third-order valence-electron chi connectivity index (χ3n) is 15.0. The summed E-state index contributed by atoms with van der Waals surface area (Å²) in [5.74, 6) is 0.141. The Labute approximate surface area is 297 Å². The smallest absolute Gasteiger partial charge is 0.335 e. The van der Waals surface area contributed by atoms with Crippen LogP contribution in [0.4, 0.5) is 0 Å². The van der Waals surface area contributed by atoms with Crippen molar-refractivity contribution in [1.29, 1.82) is 0 Å². The molecule has 0 aliphatic heterocycles. The second-order valence-corrected chi connectivity index (χ2v) is 17.5. The zero-order valence-corrected chi connectivity index (χ0v) is 30.5. The van der Waals surface area contributed by atoms with Crippen LogP contribution in [-0.4, -0.2) is 70.2 Å². The monoisotopic (exact) mass is 690 g/mol. The molecule has 274 valence electrons. The maximum absolute atomic E-state index is 14.1. The Morgan fingerprint density at radius 1 is 0.760 bits per heavy atom. The highest BCUT2D eigenvalue weighted by molar-refractivity contribution is 5.88. The maximum Gasteiger partial charge on any atom is 0.335 e. The van der Waals surface area contributed by atoms with Gasteiger partial charge in [-0.15, -0.1) is 0 Å². The molecule has 6 rings (SSSR count). The van der Waals surface area contributed by atoms with Crippen LogP contribution in [0.1, 0.15) is 121 Å². The number of amides is 1. The number of rotatable bonds is 12. The van der Waals surface area contributed by atoms with E-state index in [-0.39, 0.29) is 53.5 Å². The Balaban J connectivity index is 1.16. The summed E-state index contributed by atoms with van der Waals surface area (Å²) in [5, 5.41) is 31.0. The van der Waals surface area contributed by atoms with Crippen LogP contribution in [0.3, 0.4) is 0 Å². The predicted octanol–water partition coefficient (Wildman–Crippen LogP) is 7.21. The molecule has 5 aliphatic rings. The Morgan fingerprint density at radius 3 is 2.08 bits per heavy atom. The van der Waals surface area contributed by atoms with E-state index in [1.807, 2.05) is 17.0 Å². The maximum atomic E-state index is 14.1. The fourth-order valence-electron chi connectivity index (χ4n) is 12.8. The van der Waals surface area contributed by atoms with Crippen LogP contribution >= 0.6 is 0 Å². The molecule has 9 heteroatoms. The minimum Gasteiger partial charge on any atom is -0.481 e. The van der Waals surface area contributed by atoms with Crippen molar-refractivity contribution in [2.24, 2.45) is 51.2 Å². The number of benzene rings is 1. The number of allylic oxidation sites excluding steroid dienone is 2. The number of aliphatic carboxylic acids is 2. The van der Waals surface area contributed by atoms with Crippen LogP contribution in [0.25, 0.3) is 5.57 Å². The summed E-state index contributed by atoms with van der Waals surface area (Å²) in [6.45, 7) is 11.3. The normalized spacial score (nSPS) is 35.5. The van der Waals surface area contributed by atoms with Crippen molar-refractivity contribution in [2.45, 2.75) is 105 Å². The van der Waals surface area contributed by atoms with Gasteiger partial charge in [0, 0.05) is 26.2 Å². The molecule has 0 radical (unpaired) electrons. The van der Waals surface area contributed by atoms with Gasteiger partial charge in [-0.1, -0.05) is 52.3 Å². The molecule has 8 atom stereocenters. The van der Waals surface area contributed by atoms with Gasteiger partial charge in [-0.25, -0.2) is 4.79 Å². The van der Waals surface area contributed by atoms with Gasteiger partial charge in [-0.2, -0.15) is 0 Å². The first-order valence-corrected chi connectivity index (χ1v) is 19.1. The number of hydrogen-bond donors (Lipinski definition) is 4. The van der Waals surface area contributed by atoms with Crippen LogP contribution in [0, 0.1) is 51.2 Å². The summed E-state index contributed by atoms with van der Waals surface area (Å²) in [4.78, 5) is 49.8. The van der Waals surface area contributed by atoms with Gasteiger partial charge in [-0.05, 0) is 127 Å². The number of carboxylic acids is 3. The number of carbonyl (C=O) groups excluding carboxylic acids is 1. The largest absolute Gasteiger partial charge is 0.481 e. The summed E-state index contributed by atoms with van der Waals surface area (Å²) >= 11 is 0. The molecule has 4 fully saturated rings. The van der Waals surface area contributed by atoms with Gasteiger partial charge in [-0.3, -0.25) is 14.4 Å². The van der Waals surface area contributed by atoms with Crippen molar-refractivity contribution >= 4 is 29.4 Å². The van der Waals surface area contributed by atoms with E-state index in [4.69, 9.17) is 10.2 Å². The van der Waals surface area contributed by atoms with Gasteiger partial charge in [0.25, 0.3) is 0 Å². The molecular weight excluding hydrogens is 632 g/mol. The van der Waals surface area contributed by atoms with Gasteiger partial charge >= 0.3 is 17.9 Å². The summed E-state index contributed by atoms with van der Waals surface area (Å²) in [6, 6.07) is 7.43. The van der Waals surface area contributed by atoms with E-state index in [0.717, 1.165) is 44.1 Å². The minimum atomic E-state index is -0.914. The Morgan fingerprint density at radius 2 is 1.44 bits per heavy atom. The average Bonchev–Trinajstić information content (AvgIpc) is 3.51. The molecule has 5 aliphatic carbocycles. The molecule has 0 aromatic heterocycles. The van der Waals surface area contributed by atoms with E-state index in [1.165, 1.54) is 31.3 Å². The van der Waals surface area contributed by atoms with Crippen molar-refractivity contribution in [3.8, 4) is 0 Å². The SMILES string of the molecule is CC1(C)C(c2ccc(C(=O)O)cc2)=CC[C@@]2(C)C1CC[C@@]1(C)C3CC[C@@]4(C(=O)NCCN(CCC(=O)O)CCC(=O)O)CCCC4[C@H]3CCC12. The average molecular weight is 691 g/mol. The van der Waals surface area contributed by atoms with Crippen LogP contribution in [0.2, 0.25) is 0 Å². The van der Waals surface area contributed by atoms with Crippen molar-refractivity contribution in [2.75, 3.05) is 26.2 Å². The lowest BCUT2D eigenvalue weighted by molar-refractivity contribution is -0.181. The van der Waals surface area contributed by atoms with Crippen molar-refractivity contribution < 1.29 is 34.5 Å². The number of nitrogens with zero attached hydrogens (tertiary/aromatic N) is 1. The zero-order chi connectivity index (χ0) is 36.1. The first-order valence-electron chi connectivity index (χ1n) is 19.1. The highest BCUT2D eigenvalue weighted by Gasteiger charge is 2.66. The first-order chi connectivity index (χ1) is 23.6. The van der Waals surface area contributed by atoms with Crippen molar-refractivity contribution in [3.05, 3.63) is 41.5 Å². The summed E-state index contributed by atoms with van der Waals surface area (Å²) in [5.41, 5.74) is 2.86. The van der Waals surface area contributed by atoms with Gasteiger partial charge < -0.3 is 25.5 Å². The number of aromatic carboxylic acids is 1. The van der Waals surface area contributed by atoms with Gasteiger partial charge in [0.1, 0.15) is 0 Å². The highest BCUT2D eigenvalue weighted by atomic mass is 16.4. The zero-order valence-electron chi connectivity index (χ0n) is 30.5. The van der Waals surface area contributed by atoms with Crippen LogP contribution in [-0.2, 0) is 14.4 Å². The molecule has 0 saturated heterocycles. The van der Waals surface area contributed by atoms with E-state index in [9.17, 15) is 24.3 Å².